The van der Waals surface area contributed by atoms with E-state index in [1.165, 1.54) is 11.6 Å². The van der Waals surface area contributed by atoms with Gasteiger partial charge in [-0.05, 0) is 74.3 Å². The maximum atomic E-state index is 14.2. The zero-order chi connectivity index (χ0) is 18.7. The molecule has 1 N–H and O–H groups in total. The van der Waals surface area contributed by atoms with Gasteiger partial charge in [-0.25, -0.2) is 4.39 Å². The van der Waals surface area contributed by atoms with E-state index in [1.54, 1.807) is 12.1 Å². The predicted octanol–water partition coefficient (Wildman–Crippen LogP) is 5.32. The van der Waals surface area contributed by atoms with E-state index in [0.29, 0.717) is 23.1 Å². The van der Waals surface area contributed by atoms with Crippen molar-refractivity contribution in [1.29, 1.82) is 0 Å². The van der Waals surface area contributed by atoms with Crippen LogP contribution in [0.25, 0.3) is 11.1 Å². The summed E-state index contributed by atoms with van der Waals surface area (Å²) in [5, 5.41) is 8.81. The van der Waals surface area contributed by atoms with Crippen molar-refractivity contribution >= 4 is 5.97 Å². The summed E-state index contributed by atoms with van der Waals surface area (Å²) in [4.78, 5) is 10.7. The molecular formula is C22H25FO3. The van der Waals surface area contributed by atoms with Gasteiger partial charge in [-0.3, -0.25) is 4.79 Å². The summed E-state index contributed by atoms with van der Waals surface area (Å²) in [5.74, 6) is 0.589. The van der Waals surface area contributed by atoms with Crippen LogP contribution in [0.4, 0.5) is 4.39 Å². The molecule has 0 amide bonds. The average Bonchev–Trinajstić information content (AvgIpc) is 2.54. The molecule has 3 nitrogen and oxygen atoms in total. The Hall–Kier alpha value is -2.36. The molecule has 0 aromatic heterocycles. The molecule has 1 aliphatic carbocycles. The van der Waals surface area contributed by atoms with Gasteiger partial charge in [0.25, 0.3) is 0 Å². The molecule has 4 heteroatoms. The largest absolute Gasteiger partial charge is 0.491 e. The minimum absolute atomic E-state index is 0.0446. The Bertz CT molecular complexity index is 761. The first-order chi connectivity index (χ1) is 12.4. The molecule has 0 unspecified atom stereocenters. The maximum Gasteiger partial charge on any atom is 0.303 e. The molecule has 3 rings (SSSR count). The van der Waals surface area contributed by atoms with Crippen LogP contribution in [0.5, 0.6) is 5.75 Å². The van der Waals surface area contributed by atoms with Crippen LogP contribution >= 0.6 is 0 Å². The standard InChI is InChI=1S/C22H25FO3/c1-14(2)26-19-7-8-21(23)20(13-19)18-5-3-15(4-6-18)9-16-10-17(11-16)12-22(24)25/h3-8,13-14,16-17H,9-12H2,1-2H3,(H,24,25). The molecule has 2 aromatic rings. The Balaban J connectivity index is 1.64. The number of ether oxygens (including phenoxy) is 1. The Kier molecular flexibility index (Phi) is 5.60. The molecule has 2 aromatic carbocycles. The summed E-state index contributed by atoms with van der Waals surface area (Å²) in [6, 6.07) is 12.8. The highest BCUT2D eigenvalue weighted by Gasteiger charge is 2.30. The second-order valence-corrected chi connectivity index (χ2v) is 7.51. The monoisotopic (exact) mass is 356 g/mol. The van der Waals surface area contributed by atoms with Gasteiger partial charge in [0.15, 0.2) is 0 Å². The molecule has 0 aliphatic heterocycles. The van der Waals surface area contributed by atoms with Crippen LogP contribution in [0.1, 0.15) is 38.7 Å². The number of aliphatic carboxylic acids is 1. The number of carboxylic acids is 1. The second-order valence-electron chi connectivity index (χ2n) is 7.51. The van der Waals surface area contributed by atoms with Crippen molar-refractivity contribution in [2.45, 2.75) is 45.6 Å². The minimum atomic E-state index is -0.705. The van der Waals surface area contributed by atoms with Crippen LogP contribution in [-0.4, -0.2) is 17.2 Å². The van der Waals surface area contributed by atoms with Gasteiger partial charge in [0.05, 0.1) is 6.10 Å². The lowest BCUT2D eigenvalue weighted by molar-refractivity contribution is -0.139. The van der Waals surface area contributed by atoms with Gasteiger partial charge in [0.2, 0.25) is 0 Å². The molecule has 1 saturated carbocycles. The third-order valence-electron chi connectivity index (χ3n) is 4.90. The first-order valence-electron chi connectivity index (χ1n) is 9.18. The summed E-state index contributed by atoms with van der Waals surface area (Å²) < 4.78 is 19.9. The van der Waals surface area contributed by atoms with Crippen molar-refractivity contribution in [3.05, 3.63) is 53.8 Å². The lowest BCUT2D eigenvalue weighted by Gasteiger charge is -2.34. The number of hydrogen-bond donors (Lipinski definition) is 1. The van der Waals surface area contributed by atoms with Crippen molar-refractivity contribution < 1.29 is 19.0 Å². The summed E-state index contributed by atoms with van der Waals surface area (Å²) >= 11 is 0. The van der Waals surface area contributed by atoms with E-state index in [-0.39, 0.29) is 18.3 Å². The number of carbonyl (C=O) groups is 1. The first-order valence-corrected chi connectivity index (χ1v) is 9.18. The Morgan fingerprint density at radius 3 is 2.46 bits per heavy atom. The molecule has 26 heavy (non-hydrogen) atoms. The van der Waals surface area contributed by atoms with Crippen molar-refractivity contribution in [2.24, 2.45) is 11.8 Å². The predicted molar refractivity (Wildman–Crippen MR) is 99.8 cm³/mol. The van der Waals surface area contributed by atoms with E-state index in [4.69, 9.17) is 9.84 Å². The van der Waals surface area contributed by atoms with Crippen molar-refractivity contribution in [3.63, 3.8) is 0 Å². The highest BCUT2D eigenvalue weighted by molar-refractivity contribution is 5.67. The third kappa shape index (κ3) is 4.63. The summed E-state index contributed by atoms with van der Waals surface area (Å²) in [5.41, 5.74) is 2.58. The SMILES string of the molecule is CC(C)Oc1ccc(F)c(-c2ccc(CC3CC(CC(=O)O)C3)cc2)c1. The van der Waals surface area contributed by atoms with E-state index in [1.807, 2.05) is 38.1 Å². The van der Waals surface area contributed by atoms with Gasteiger partial charge < -0.3 is 9.84 Å². The van der Waals surface area contributed by atoms with E-state index < -0.39 is 5.97 Å². The smallest absolute Gasteiger partial charge is 0.303 e. The van der Waals surface area contributed by atoms with E-state index in [9.17, 15) is 9.18 Å². The first kappa shape index (κ1) is 18.4. The quantitative estimate of drug-likeness (QED) is 0.730. The van der Waals surface area contributed by atoms with Crippen LogP contribution in [0, 0.1) is 17.7 Å². The van der Waals surface area contributed by atoms with Crippen LogP contribution in [-0.2, 0) is 11.2 Å². The van der Waals surface area contributed by atoms with Gasteiger partial charge >= 0.3 is 5.97 Å². The zero-order valence-electron chi connectivity index (χ0n) is 15.2. The molecular weight excluding hydrogens is 331 g/mol. The van der Waals surface area contributed by atoms with Gasteiger partial charge in [-0.15, -0.1) is 0 Å². The topological polar surface area (TPSA) is 46.5 Å². The highest BCUT2D eigenvalue weighted by Crippen LogP contribution is 2.38. The molecule has 0 saturated heterocycles. The van der Waals surface area contributed by atoms with Crippen molar-refractivity contribution in [1.82, 2.24) is 0 Å². The summed E-state index contributed by atoms with van der Waals surface area (Å²) in [7, 11) is 0. The van der Waals surface area contributed by atoms with Crippen molar-refractivity contribution in [2.75, 3.05) is 0 Å². The maximum absolute atomic E-state index is 14.2. The van der Waals surface area contributed by atoms with Crippen molar-refractivity contribution in [3.8, 4) is 16.9 Å². The number of halogens is 1. The van der Waals surface area contributed by atoms with Crippen LogP contribution in [0.2, 0.25) is 0 Å². The van der Waals surface area contributed by atoms with Crippen LogP contribution in [0.3, 0.4) is 0 Å². The normalized spacial score (nSPS) is 19.2. The summed E-state index contributed by atoms with van der Waals surface area (Å²) in [6.07, 6.45) is 3.25. The van der Waals surface area contributed by atoms with E-state index in [2.05, 4.69) is 0 Å². The van der Waals surface area contributed by atoms with Gasteiger partial charge in [-0.1, -0.05) is 24.3 Å². The molecule has 0 heterocycles. The number of benzene rings is 2. The van der Waals surface area contributed by atoms with E-state index in [0.717, 1.165) is 24.8 Å². The lowest BCUT2D eigenvalue weighted by atomic mass is 9.71. The van der Waals surface area contributed by atoms with Gasteiger partial charge in [-0.2, -0.15) is 0 Å². The number of rotatable bonds is 7. The molecule has 0 spiro atoms. The minimum Gasteiger partial charge on any atom is -0.491 e. The fourth-order valence-electron chi connectivity index (χ4n) is 3.68. The molecule has 1 fully saturated rings. The summed E-state index contributed by atoms with van der Waals surface area (Å²) in [6.45, 7) is 3.89. The average molecular weight is 356 g/mol. The lowest BCUT2D eigenvalue weighted by Crippen LogP contribution is -2.27. The van der Waals surface area contributed by atoms with Crippen LogP contribution < -0.4 is 4.74 Å². The third-order valence-corrected chi connectivity index (χ3v) is 4.90. The molecule has 0 radical (unpaired) electrons. The van der Waals surface area contributed by atoms with Crippen LogP contribution in [0.15, 0.2) is 42.5 Å². The number of hydrogen-bond acceptors (Lipinski definition) is 2. The zero-order valence-corrected chi connectivity index (χ0v) is 15.2. The van der Waals surface area contributed by atoms with Gasteiger partial charge in [0, 0.05) is 12.0 Å². The molecule has 138 valence electrons. The fourth-order valence-corrected chi connectivity index (χ4v) is 3.68. The molecule has 1 aliphatic rings. The van der Waals surface area contributed by atoms with E-state index >= 15 is 0 Å². The highest BCUT2D eigenvalue weighted by atomic mass is 19.1. The Morgan fingerprint density at radius 2 is 1.85 bits per heavy atom. The fraction of sp³-hybridized carbons (Fsp3) is 0.409. The second kappa shape index (κ2) is 7.90. The Labute approximate surface area is 153 Å². The number of carboxylic acid groups (broad SMARTS) is 1. The Morgan fingerprint density at radius 1 is 1.15 bits per heavy atom. The van der Waals surface area contributed by atoms with Gasteiger partial charge in [0.1, 0.15) is 11.6 Å². The molecule has 0 atom stereocenters. The molecule has 0 bridgehead atoms.